The van der Waals surface area contributed by atoms with Gasteiger partial charge in [0.05, 0.1) is 29.3 Å². The van der Waals surface area contributed by atoms with Crippen LogP contribution in [0.25, 0.3) is 5.76 Å². The van der Waals surface area contributed by atoms with Crippen LogP contribution in [0.4, 0.5) is 16.2 Å². The number of Topliss-reactive ketones (excluding diaryl/α,β-unsaturated/α-hetero) is 2. The molecule has 0 aromatic heterocycles. The molecule has 44 heavy (non-hydrogen) atoms. The van der Waals surface area contributed by atoms with Crippen molar-refractivity contribution in [3.8, 4) is 5.75 Å². The second-order valence-corrected chi connectivity index (χ2v) is 11.7. The molecule has 6 atom stereocenters. The molecule has 0 unspecified atom stereocenters. The van der Waals surface area contributed by atoms with Crippen molar-refractivity contribution in [2.45, 2.75) is 36.5 Å². The number of carbonyl (C=O) groups is 4. The van der Waals surface area contributed by atoms with E-state index in [0.717, 1.165) is 5.56 Å². The van der Waals surface area contributed by atoms with Crippen molar-refractivity contribution in [2.24, 2.45) is 17.6 Å². The highest BCUT2D eigenvalue weighted by molar-refractivity contribution is 6.24. The first-order valence-electron chi connectivity index (χ1n) is 13.6. The normalized spacial score (nSPS) is 27.9. The molecule has 0 aliphatic heterocycles. The monoisotopic (exact) mass is 626 g/mol. The number of ketones is 2. The van der Waals surface area contributed by atoms with E-state index in [-0.39, 0.29) is 11.3 Å². The summed E-state index contributed by atoms with van der Waals surface area (Å²) in [5.41, 5.74) is 1.98. The number of alkyl halides is 1. The Labute approximate surface area is 256 Å². The lowest BCUT2D eigenvalue weighted by Crippen LogP contribution is -2.70. The Bertz CT molecular complexity index is 1670. The summed E-state index contributed by atoms with van der Waals surface area (Å²) in [5, 5.41) is 62.2. The molecule has 3 aliphatic carbocycles. The second kappa shape index (κ2) is 10.9. The Morgan fingerprint density at radius 2 is 1.68 bits per heavy atom. The number of amides is 3. The maximum atomic E-state index is 14.1. The van der Waals surface area contributed by atoms with E-state index in [1.54, 1.807) is 31.2 Å². The fourth-order valence-corrected chi connectivity index (χ4v) is 6.86. The van der Waals surface area contributed by atoms with Crippen molar-refractivity contribution in [1.82, 2.24) is 4.90 Å². The fourth-order valence-electron chi connectivity index (χ4n) is 6.68. The number of fused-ring (bicyclic) bond motifs is 3. The van der Waals surface area contributed by atoms with Gasteiger partial charge >= 0.3 is 6.03 Å². The van der Waals surface area contributed by atoms with Crippen molar-refractivity contribution in [3.63, 3.8) is 0 Å². The highest BCUT2D eigenvalue weighted by atomic mass is 35.5. The van der Waals surface area contributed by atoms with E-state index in [1.807, 2.05) is 0 Å². The number of hydrogen-bond acceptors (Lipinski definition) is 10. The van der Waals surface area contributed by atoms with Gasteiger partial charge in [0.2, 0.25) is 5.78 Å². The number of rotatable bonds is 5. The van der Waals surface area contributed by atoms with Crippen LogP contribution in [-0.2, 0) is 20.3 Å². The molecule has 0 heterocycles. The fraction of sp³-hybridized carbons (Fsp3) is 0.333. The van der Waals surface area contributed by atoms with Gasteiger partial charge < -0.3 is 41.9 Å². The van der Waals surface area contributed by atoms with Gasteiger partial charge in [0.15, 0.2) is 11.4 Å². The minimum Gasteiger partial charge on any atom is -0.508 e. The number of urea groups is 1. The van der Waals surface area contributed by atoms with Gasteiger partial charge in [-0.25, -0.2) is 4.79 Å². The number of aliphatic hydroxyl groups is 4. The SMILES string of the molecule is C[C@H]1c2ccc(NC(=O)Nc3ccc(CCl)cc3)c(O)c2C(O)=C2C(=O)[C@]3(O)C(O)=C(C(N)=O)C(=O)[C@@H](N(C)C)[C@@H]3[C@@H](O)[C@@H]21. The van der Waals surface area contributed by atoms with Crippen molar-refractivity contribution >= 4 is 52.2 Å². The zero-order valence-electron chi connectivity index (χ0n) is 23.8. The third kappa shape index (κ3) is 4.42. The lowest BCUT2D eigenvalue weighted by Gasteiger charge is -2.53. The number of carbonyl (C=O) groups excluding carboxylic acids is 4. The molecule has 2 aromatic rings. The molecule has 0 bridgehead atoms. The number of nitrogens with two attached hydrogens (primary N) is 1. The maximum absolute atomic E-state index is 14.1. The number of aromatic hydroxyl groups is 1. The largest absolute Gasteiger partial charge is 0.508 e. The van der Waals surface area contributed by atoms with Gasteiger partial charge in [-0.05, 0) is 49.3 Å². The summed E-state index contributed by atoms with van der Waals surface area (Å²) in [4.78, 5) is 53.5. The summed E-state index contributed by atoms with van der Waals surface area (Å²) in [6.07, 6.45) is -1.71. The number of primary amides is 1. The van der Waals surface area contributed by atoms with E-state index in [4.69, 9.17) is 17.3 Å². The second-order valence-electron chi connectivity index (χ2n) is 11.4. The lowest BCUT2D eigenvalue weighted by atomic mass is 9.54. The Morgan fingerprint density at radius 3 is 2.25 bits per heavy atom. The van der Waals surface area contributed by atoms with Crippen LogP contribution in [0.2, 0.25) is 0 Å². The number of hydrogen-bond donors (Lipinski definition) is 8. The molecule has 0 saturated heterocycles. The zero-order valence-corrected chi connectivity index (χ0v) is 24.6. The highest BCUT2D eigenvalue weighted by Crippen LogP contribution is 2.56. The van der Waals surface area contributed by atoms with Crippen LogP contribution in [0.1, 0.15) is 29.5 Å². The summed E-state index contributed by atoms with van der Waals surface area (Å²) in [7, 11) is 2.86. The van der Waals surface area contributed by atoms with Gasteiger partial charge in [0.1, 0.15) is 22.8 Å². The number of likely N-dealkylation sites (N-methyl/N-ethyl adjacent to an activating group) is 1. The van der Waals surface area contributed by atoms with Gasteiger partial charge in [0.25, 0.3) is 5.91 Å². The summed E-state index contributed by atoms with van der Waals surface area (Å²) < 4.78 is 0. The molecule has 2 aromatic carbocycles. The number of phenolic OH excluding ortho intramolecular Hbond substituents is 1. The highest BCUT2D eigenvalue weighted by Gasteiger charge is 2.68. The molecule has 0 spiro atoms. The van der Waals surface area contributed by atoms with Gasteiger partial charge in [0, 0.05) is 23.1 Å². The molecule has 3 aliphatic rings. The number of anilines is 2. The van der Waals surface area contributed by atoms with Gasteiger partial charge in [-0.2, -0.15) is 0 Å². The van der Waals surface area contributed by atoms with Crippen LogP contribution < -0.4 is 16.4 Å². The van der Waals surface area contributed by atoms with E-state index in [1.165, 1.54) is 31.1 Å². The third-order valence-electron chi connectivity index (χ3n) is 8.74. The minimum atomic E-state index is -3.02. The lowest BCUT2D eigenvalue weighted by molar-refractivity contribution is -0.169. The molecule has 0 radical (unpaired) electrons. The van der Waals surface area contributed by atoms with Crippen molar-refractivity contribution in [2.75, 3.05) is 24.7 Å². The first-order chi connectivity index (χ1) is 20.7. The van der Waals surface area contributed by atoms with Crippen LogP contribution in [0, 0.1) is 11.8 Å². The predicted molar refractivity (Wildman–Crippen MR) is 159 cm³/mol. The van der Waals surface area contributed by atoms with E-state index in [0.29, 0.717) is 17.1 Å². The Balaban J connectivity index is 1.60. The average Bonchev–Trinajstić information content (AvgIpc) is 2.96. The molecule has 232 valence electrons. The summed E-state index contributed by atoms with van der Waals surface area (Å²) in [6, 6.07) is 7.40. The molecule has 3 amide bonds. The number of aliphatic hydroxyl groups excluding tert-OH is 3. The summed E-state index contributed by atoms with van der Waals surface area (Å²) in [5.74, 6) is -9.74. The molecule has 9 N–H and O–H groups in total. The van der Waals surface area contributed by atoms with Crippen LogP contribution in [0.5, 0.6) is 5.75 Å². The van der Waals surface area contributed by atoms with Crippen LogP contribution in [0.15, 0.2) is 53.3 Å². The molecule has 1 saturated carbocycles. The first kappa shape index (κ1) is 31.0. The number of phenols is 1. The third-order valence-corrected chi connectivity index (χ3v) is 9.05. The van der Waals surface area contributed by atoms with Crippen LogP contribution in [-0.4, -0.2) is 85.8 Å². The minimum absolute atomic E-state index is 0.133. The molecular weight excluding hydrogens is 596 g/mol. The Hall–Kier alpha value is -4.43. The number of halogens is 1. The van der Waals surface area contributed by atoms with Gasteiger partial charge in [-0.1, -0.05) is 25.1 Å². The van der Waals surface area contributed by atoms with Gasteiger partial charge in [-0.15, -0.1) is 11.6 Å². The number of nitrogens with zero attached hydrogens (tertiary/aromatic N) is 1. The van der Waals surface area contributed by atoms with Crippen molar-refractivity contribution < 1.29 is 44.7 Å². The zero-order chi connectivity index (χ0) is 32.4. The summed E-state index contributed by atoms with van der Waals surface area (Å²) >= 11 is 5.79. The predicted octanol–water partition coefficient (Wildman–Crippen LogP) is 1.88. The topological polar surface area (TPSA) is 223 Å². The Morgan fingerprint density at radius 1 is 1.05 bits per heavy atom. The van der Waals surface area contributed by atoms with E-state index in [2.05, 4.69) is 10.6 Å². The number of nitrogens with one attached hydrogen (secondary N) is 2. The standard InChI is InChI=1S/C30H31ClN4O9/c1-11-14-8-9-15(34-29(43)33-13-6-4-12(10-31)5-7-13)22(36)17(14)23(37)18-16(11)24(38)20-21(35(2)3)25(39)19(28(32)42)27(41)30(20,44)26(18)40/h4-9,11,16,20-21,24,36-38,41,44H,10H2,1-3H3,(H2,32,42)(H2,33,34,43)/t11-,16+,20+,21-,24-,30-/m0/s1. The average molecular weight is 627 g/mol. The van der Waals surface area contributed by atoms with Crippen LogP contribution >= 0.6 is 11.6 Å². The quantitative estimate of drug-likeness (QED) is 0.137. The number of benzene rings is 2. The molecular formula is C30H31ClN4O9. The van der Waals surface area contributed by atoms with Crippen molar-refractivity contribution in [1.29, 1.82) is 0 Å². The van der Waals surface area contributed by atoms with Crippen LogP contribution in [0.3, 0.4) is 0 Å². The van der Waals surface area contributed by atoms with E-state index < -0.39 is 87.4 Å². The smallest absolute Gasteiger partial charge is 0.323 e. The maximum Gasteiger partial charge on any atom is 0.323 e. The first-order valence-corrected chi connectivity index (χ1v) is 14.1. The van der Waals surface area contributed by atoms with E-state index in [9.17, 15) is 44.7 Å². The molecule has 1 fully saturated rings. The van der Waals surface area contributed by atoms with E-state index >= 15 is 0 Å². The van der Waals surface area contributed by atoms with Gasteiger partial charge in [-0.3, -0.25) is 19.3 Å². The Kier molecular flexibility index (Phi) is 7.70. The molecule has 13 nitrogen and oxygen atoms in total. The molecule has 14 heteroatoms. The van der Waals surface area contributed by atoms with Crippen molar-refractivity contribution in [3.05, 3.63) is 70.0 Å². The molecule has 5 rings (SSSR count). The summed E-state index contributed by atoms with van der Waals surface area (Å²) in [6.45, 7) is 1.61.